The number of carboxylic acids is 1. The minimum atomic E-state index is -0.789. The number of rotatable bonds is 4. The summed E-state index contributed by atoms with van der Waals surface area (Å²) in [6.45, 7) is 1.07. The molecular weight excluding hydrogens is 314 g/mol. The van der Waals surface area contributed by atoms with E-state index in [0.29, 0.717) is 31.1 Å². The molecule has 21 heavy (non-hydrogen) atoms. The van der Waals surface area contributed by atoms with Crippen LogP contribution in [0.25, 0.3) is 0 Å². The van der Waals surface area contributed by atoms with Crippen molar-refractivity contribution in [1.82, 2.24) is 14.9 Å². The first kappa shape index (κ1) is 16.0. The minimum absolute atomic E-state index is 0.133. The average Bonchev–Trinajstić information content (AvgIpc) is 2.47. The van der Waals surface area contributed by atoms with Gasteiger partial charge in [-0.25, -0.2) is 9.97 Å². The Labute approximate surface area is 131 Å². The molecule has 0 saturated carbocycles. The summed E-state index contributed by atoms with van der Waals surface area (Å²) < 4.78 is 0. The van der Waals surface area contributed by atoms with Gasteiger partial charge in [-0.3, -0.25) is 9.59 Å². The van der Waals surface area contributed by atoms with Gasteiger partial charge in [-0.15, -0.1) is 0 Å². The molecule has 0 bridgehead atoms. The number of carbonyl (C=O) groups is 2. The molecular formula is C13H16ClN3O3S. The second-order valence-electron chi connectivity index (χ2n) is 4.89. The standard InChI is InChI=1S/C13H16ClN3O3S/c1-21-13-15-7-9(14)11(16-13)12(20)17-4-2-8(3-5-17)6-10(18)19/h7-8H,2-6H2,1H3,(H,18,19). The van der Waals surface area contributed by atoms with E-state index in [9.17, 15) is 9.59 Å². The van der Waals surface area contributed by atoms with E-state index >= 15 is 0 Å². The molecule has 1 aliphatic heterocycles. The lowest BCUT2D eigenvalue weighted by Crippen LogP contribution is -2.39. The molecule has 0 radical (unpaired) electrons. The Hall–Kier alpha value is -1.34. The summed E-state index contributed by atoms with van der Waals surface area (Å²) in [4.78, 5) is 33.0. The first-order valence-corrected chi connectivity index (χ1v) is 8.19. The molecule has 1 aliphatic rings. The van der Waals surface area contributed by atoms with Crippen LogP contribution in [0.4, 0.5) is 0 Å². The lowest BCUT2D eigenvalue weighted by atomic mass is 9.93. The minimum Gasteiger partial charge on any atom is -0.481 e. The van der Waals surface area contributed by atoms with Crippen LogP contribution in [0.3, 0.4) is 0 Å². The first-order valence-electron chi connectivity index (χ1n) is 6.59. The number of hydrogen-bond acceptors (Lipinski definition) is 5. The van der Waals surface area contributed by atoms with Gasteiger partial charge in [-0.2, -0.15) is 0 Å². The van der Waals surface area contributed by atoms with E-state index in [1.54, 1.807) is 4.90 Å². The van der Waals surface area contributed by atoms with Gasteiger partial charge in [-0.05, 0) is 25.0 Å². The number of halogens is 1. The van der Waals surface area contributed by atoms with Crippen molar-refractivity contribution in [2.75, 3.05) is 19.3 Å². The zero-order chi connectivity index (χ0) is 15.4. The van der Waals surface area contributed by atoms with Crippen LogP contribution in [-0.4, -0.2) is 51.2 Å². The fourth-order valence-corrected chi connectivity index (χ4v) is 2.85. The Kier molecular flexibility index (Phi) is 5.41. The van der Waals surface area contributed by atoms with Gasteiger partial charge >= 0.3 is 5.97 Å². The fourth-order valence-electron chi connectivity index (χ4n) is 2.34. The lowest BCUT2D eigenvalue weighted by Gasteiger charge is -2.31. The Bertz CT molecular complexity index is 547. The first-order chi connectivity index (χ1) is 10.0. The molecule has 1 aromatic rings. The van der Waals surface area contributed by atoms with Gasteiger partial charge < -0.3 is 10.0 Å². The number of likely N-dealkylation sites (tertiary alicyclic amines) is 1. The van der Waals surface area contributed by atoms with Crippen molar-refractivity contribution >= 4 is 35.2 Å². The number of amides is 1. The highest BCUT2D eigenvalue weighted by molar-refractivity contribution is 7.98. The number of hydrogen-bond donors (Lipinski definition) is 1. The van der Waals surface area contributed by atoms with Crippen LogP contribution in [0.15, 0.2) is 11.4 Å². The van der Waals surface area contributed by atoms with E-state index < -0.39 is 5.97 Å². The van der Waals surface area contributed by atoms with Crippen LogP contribution in [0.1, 0.15) is 29.8 Å². The fraction of sp³-hybridized carbons (Fsp3) is 0.538. The predicted octanol–water partition coefficient (Wildman–Crippen LogP) is 2.18. The van der Waals surface area contributed by atoms with Crippen molar-refractivity contribution in [2.45, 2.75) is 24.4 Å². The Morgan fingerprint density at radius 1 is 1.48 bits per heavy atom. The molecule has 0 aromatic carbocycles. The van der Waals surface area contributed by atoms with Gasteiger partial charge in [0.15, 0.2) is 10.9 Å². The summed E-state index contributed by atoms with van der Waals surface area (Å²) in [6.07, 6.45) is 4.80. The van der Waals surface area contributed by atoms with Gasteiger partial charge in [-0.1, -0.05) is 23.4 Å². The second kappa shape index (κ2) is 7.09. The summed E-state index contributed by atoms with van der Waals surface area (Å²) in [5.41, 5.74) is 0.215. The summed E-state index contributed by atoms with van der Waals surface area (Å²) in [5, 5.41) is 9.54. The number of aliphatic carboxylic acids is 1. The molecule has 0 spiro atoms. The van der Waals surface area contributed by atoms with Crippen molar-refractivity contribution in [2.24, 2.45) is 5.92 Å². The number of carbonyl (C=O) groups excluding carboxylic acids is 1. The van der Waals surface area contributed by atoms with Crippen LogP contribution < -0.4 is 0 Å². The molecule has 1 amide bonds. The summed E-state index contributed by atoms with van der Waals surface area (Å²) in [6, 6.07) is 0. The van der Waals surface area contributed by atoms with Gasteiger partial charge in [0.1, 0.15) is 0 Å². The largest absolute Gasteiger partial charge is 0.481 e. The molecule has 8 heteroatoms. The van der Waals surface area contributed by atoms with Crippen LogP contribution in [0.2, 0.25) is 5.02 Å². The van der Waals surface area contributed by atoms with E-state index in [-0.39, 0.29) is 29.0 Å². The third-order valence-corrected chi connectivity index (χ3v) is 4.31. The Morgan fingerprint density at radius 3 is 2.71 bits per heavy atom. The zero-order valence-electron chi connectivity index (χ0n) is 11.6. The number of piperidine rings is 1. The predicted molar refractivity (Wildman–Crippen MR) is 79.7 cm³/mol. The monoisotopic (exact) mass is 329 g/mol. The lowest BCUT2D eigenvalue weighted by molar-refractivity contribution is -0.138. The van der Waals surface area contributed by atoms with Crippen molar-refractivity contribution in [3.05, 3.63) is 16.9 Å². The molecule has 1 aromatic heterocycles. The number of aromatic nitrogens is 2. The van der Waals surface area contributed by atoms with Crippen molar-refractivity contribution in [3.63, 3.8) is 0 Å². The maximum atomic E-state index is 12.4. The van der Waals surface area contributed by atoms with E-state index in [1.807, 2.05) is 6.26 Å². The third-order valence-electron chi connectivity index (χ3n) is 3.47. The molecule has 114 valence electrons. The maximum absolute atomic E-state index is 12.4. The molecule has 0 unspecified atom stereocenters. The van der Waals surface area contributed by atoms with E-state index in [0.717, 1.165) is 0 Å². The van der Waals surface area contributed by atoms with Gasteiger partial charge in [0, 0.05) is 19.5 Å². The Morgan fingerprint density at radius 2 is 2.14 bits per heavy atom. The quantitative estimate of drug-likeness (QED) is 0.673. The van der Waals surface area contributed by atoms with E-state index in [1.165, 1.54) is 18.0 Å². The van der Waals surface area contributed by atoms with Crippen molar-refractivity contribution < 1.29 is 14.7 Å². The smallest absolute Gasteiger partial charge is 0.303 e. The third kappa shape index (κ3) is 4.07. The molecule has 1 saturated heterocycles. The van der Waals surface area contributed by atoms with Crippen LogP contribution in [0.5, 0.6) is 0 Å². The van der Waals surface area contributed by atoms with Crippen molar-refractivity contribution in [1.29, 1.82) is 0 Å². The van der Waals surface area contributed by atoms with Gasteiger partial charge in [0.25, 0.3) is 5.91 Å². The highest BCUT2D eigenvalue weighted by atomic mass is 35.5. The highest BCUT2D eigenvalue weighted by Gasteiger charge is 2.27. The average molecular weight is 330 g/mol. The van der Waals surface area contributed by atoms with Gasteiger partial charge in [0.2, 0.25) is 0 Å². The van der Waals surface area contributed by atoms with E-state index in [2.05, 4.69) is 9.97 Å². The number of thioether (sulfide) groups is 1. The van der Waals surface area contributed by atoms with Gasteiger partial charge in [0.05, 0.1) is 11.2 Å². The molecule has 2 heterocycles. The molecule has 1 fully saturated rings. The molecule has 0 atom stereocenters. The summed E-state index contributed by atoms with van der Waals surface area (Å²) in [7, 11) is 0. The second-order valence-corrected chi connectivity index (χ2v) is 6.07. The van der Waals surface area contributed by atoms with Crippen LogP contribution in [0, 0.1) is 5.92 Å². The molecule has 6 nitrogen and oxygen atoms in total. The number of carboxylic acid groups (broad SMARTS) is 1. The van der Waals surface area contributed by atoms with Crippen molar-refractivity contribution in [3.8, 4) is 0 Å². The van der Waals surface area contributed by atoms with Crippen LogP contribution >= 0.6 is 23.4 Å². The number of nitrogens with zero attached hydrogens (tertiary/aromatic N) is 3. The maximum Gasteiger partial charge on any atom is 0.303 e. The van der Waals surface area contributed by atoms with Crippen LogP contribution in [-0.2, 0) is 4.79 Å². The normalized spacial score (nSPS) is 16.0. The topological polar surface area (TPSA) is 83.4 Å². The SMILES string of the molecule is CSc1ncc(Cl)c(C(=O)N2CCC(CC(=O)O)CC2)n1. The molecule has 1 N–H and O–H groups in total. The highest BCUT2D eigenvalue weighted by Crippen LogP contribution is 2.24. The zero-order valence-corrected chi connectivity index (χ0v) is 13.2. The molecule has 2 rings (SSSR count). The summed E-state index contributed by atoms with van der Waals surface area (Å²) in [5.74, 6) is -0.871. The Balaban J connectivity index is 2.03. The molecule has 0 aliphatic carbocycles. The summed E-state index contributed by atoms with van der Waals surface area (Å²) >= 11 is 7.35. The van der Waals surface area contributed by atoms with E-state index in [4.69, 9.17) is 16.7 Å².